The van der Waals surface area contributed by atoms with E-state index < -0.39 is 0 Å². The molecular formula is C17H15FN2O. The van der Waals surface area contributed by atoms with Crippen molar-refractivity contribution in [1.82, 2.24) is 4.98 Å². The Kier molecular flexibility index (Phi) is 3.22. The van der Waals surface area contributed by atoms with E-state index in [1.54, 1.807) is 12.3 Å². The van der Waals surface area contributed by atoms with Gasteiger partial charge in [0.05, 0.1) is 5.56 Å². The molecule has 3 aromatic rings. The van der Waals surface area contributed by atoms with Crippen molar-refractivity contribution in [1.29, 1.82) is 0 Å². The summed E-state index contributed by atoms with van der Waals surface area (Å²) in [5, 5.41) is 3.57. The number of amides is 1. The van der Waals surface area contributed by atoms with Crippen LogP contribution in [0.3, 0.4) is 0 Å². The maximum atomic E-state index is 13.2. The van der Waals surface area contributed by atoms with Crippen LogP contribution in [-0.4, -0.2) is 10.9 Å². The number of anilines is 1. The number of benzene rings is 2. The molecule has 0 aliphatic rings. The minimum atomic E-state index is -0.328. The van der Waals surface area contributed by atoms with E-state index >= 15 is 0 Å². The quantitative estimate of drug-likeness (QED) is 0.727. The minimum absolute atomic E-state index is 0.212. The molecule has 106 valence electrons. The number of hydrogen-bond acceptors (Lipinski definition) is 1. The van der Waals surface area contributed by atoms with E-state index in [2.05, 4.69) is 10.3 Å². The highest BCUT2D eigenvalue weighted by atomic mass is 19.1. The van der Waals surface area contributed by atoms with Crippen molar-refractivity contribution >= 4 is 22.5 Å². The zero-order valence-electron chi connectivity index (χ0n) is 11.8. The molecular weight excluding hydrogens is 267 g/mol. The Bertz CT molecular complexity index is 836. The van der Waals surface area contributed by atoms with Gasteiger partial charge in [-0.1, -0.05) is 6.07 Å². The van der Waals surface area contributed by atoms with Gasteiger partial charge in [0, 0.05) is 22.8 Å². The number of halogens is 1. The molecule has 0 bridgehead atoms. The number of fused-ring (bicyclic) bond motifs is 1. The number of aromatic nitrogens is 1. The summed E-state index contributed by atoms with van der Waals surface area (Å²) in [5.74, 6) is -0.540. The van der Waals surface area contributed by atoms with Gasteiger partial charge in [-0.05, 0) is 55.3 Å². The number of carbonyl (C=O) groups excluding carboxylic acids is 1. The number of carbonyl (C=O) groups is 1. The summed E-state index contributed by atoms with van der Waals surface area (Å²) >= 11 is 0. The van der Waals surface area contributed by atoms with Crippen molar-refractivity contribution in [3.8, 4) is 0 Å². The molecule has 0 aliphatic heterocycles. The number of rotatable bonds is 2. The van der Waals surface area contributed by atoms with Crippen LogP contribution in [0.5, 0.6) is 0 Å². The normalized spacial score (nSPS) is 10.8. The standard InChI is InChI=1S/C17H15FN2O/c1-10-3-5-13(7-11(10)2)20-17(21)15-9-19-16-8-12(18)4-6-14(15)16/h3-9,19H,1-2H3,(H,20,21). The molecule has 1 aromatic heterocycles. The summed E-state index contributed by atoms with van der Waals surface area (Å²) in [6.45, 7) is 4.02. The van der Waals surface area contributed by atoms with Gasteiger partial charge in [0.2, 0.25) is 0 Å². The molecule has 0 saturated carbocycles. The highest BCUT2D eigenvalue weighted by Crippen LogP contribution is 2.21. The molecule has 1 heterocycles. The molecule has 3 nitrogen and oxygen atoms in total. The Morgan fingerprint density at radius 1 is 1.10 bits per heavy atom. The topological polar surface area (TPSA) is 44.9 Å². The lowest BCUT2D eigenvalue weighted by Crippen LogP contribution is -2.11. The average Bonchev–Trinajstić information content (AvgIpc) is 2.85. The molecule has 0 atom stereocenters. The Balaban J connectivity index is 1.91. The molecule has 0 aliphatic carbocycles. The predicted molar refractivity (Wildman–Crippen MR) is 82.1 cm³/mol. The Hall–Kier alpha value is -2.62. The molecule has 0 fully saturated rings. The first-order chi connectivity index (χ1) is 10.0. The van der Waals surface area contributed by atoms with Crippen LogP contribution in [0, 0.1) is 19.7 Å². The molecule has 0 radical (unpaired) electrons. The lowest BCUT2D eigenvalue weighted by molar-refractivity contribution is 0.102. The van der Waals surface area contributed by atoms with Crippen molar-refractivity contribution in [3.05, 3.63) is 65.1 Å². The van der Waals surface area contributed by atoms with Gasteiger partial charge in [0.1, 0.15) is 5.82 Å². The average molecular weight is 282 g/mol. The summed E-state index contributed by atoms with van der Waals surface area (Å²) in [6.07, 6.45) is 1.60. The summed E-state index contributed by atoms with van der Waals surface area (Å²) in [6, 6.07) is 10.1. The molecule has 2 N–H and O–H groups in total. The van der Waals surface area contributed by atoms with Crippen LogP contribution in [-0.2, 0) is 0 Å². The highest BCUT2D eigenvalue weighted by molar-refractivity contribution is 6.12. The van der Waals surface area contributed by atoms with Gasteiger partial charge in [-0.2, -0.15) is 0 Å². The SMILES string of the molecule is Cc1ccc(NC(=O)c2c[nH]c3cc(F)ccc23)cc1C. The molecule has 4 heteroatoms. The van der Waals surface area contributed by atoms with Crippen LogP contribution in [0.1, 0.15) is 21.5 Å². The van der Waals surface area contributed by atoms with E-state index in [0.717, 1.165) is 11.3 Å². The minimum Gasteiger partial charge on any atom is -0.360 e. The third-order valence-electron chi connectivity index (χ3n) is 3.65. The van der Waals surface area contributed by atoms with Gasteiger partial charge in [0.25, 0.3) is 5.91 Å². The fourth-order valence-electron chi connectivity index (χ4n) is 2.30. The Morgan fingerprint density at radius 3 is 2.67 bits per heavy atom. The maximum absolute atomic E-state index is 13.2. The largest absolute Gasteiger partial charge is 0.360 e. The van der Waals surface area contributed by atoms with Crippen molar-refractivity contribution < 1.29 is 9.18 Å². The van der Waals surface area contributed by atoms with E-state index in [9.17, 15) is 9.18 Å². The first kappa shape index (κ1) is 13.4. The zero-order valence-corrected chi connectivity index (χ0v) is 11.8. The van der Waals surface area contributed by atoms with E-state index in [4.69, 9.17) is 0 Å². The number of aryl methyl sites for hydroxylation is 2. The predicted octanol–water partition coefficient (Wildman–Crippen LogP) is 4.18. The van der Waals surface area contributed by atoms with E-state index in [0.29, 0.717) is 16.5 Å². The maximum Gasteiger partial charge on any atom is 0.257 e. The van der Waals surface area contributed by atoms with Gasteiger partial charge >= 0.3 is 0 Å². The van der Waals surface area contributed by atoms with Gasteiger partial charge < -0.3 is 10.3 Å². The second-order valence-electron chi connectivity index (χ2n) is 5.15. The molecule has 21 heavy (non-hydrogen) atoms. The first-order valence-electron chi connectivity index (χ1n) is 6.70. The fraction of sp³-hybridized carbons (Fsp3) is 0.118. The van der Waals surface area contributed by atoms with Gasteiger partial charge in [-0.3, -0.25) is 4.79 Å². The molecule has 1 amide bonds. The van der Waals surface area contributed by atoms with Crippen LogP contribution in [0.4, 0.5) is 10.1 Å². The lowest BCUT2D eigenvalue weighted by Gasteiger charge is -2.07. The van der Waals surface area contributed by atoms with E-state index in [1.165, 1.54) is 17.7 Å². The second-order valence-corrected chi connectivity index (χ2v) is 5.15. The second kappa shape index (κ2) is 5.05. The summed E-state index contributed by atoms with van der Waals surface area (Å²) in [4.78, 5) is 15.3. The summed E-state index contributed by atoms with van der Waals surface area (Å²) in [5.41, 5.74) is 4.16. The fourth-order valence-corrected chi connectivity index (χ4v) is 2.30. The third-order valence-corrected chi connectivity index (χ3v) is 3.65. The number of hydrogen-bond donors (Lipinski definition) is 2. The first-order valence-corrected chi connectivity index (χ1v) is 6.70. The van der Waals surface area contributed by atoms with Crippen LogP contribution in [0.15, 0.2) is 42.6 Å². The Labute approximate surface area is 121 Å². The van der Waals surface area contributed by atoms with Crippen molar-refractivity contribution in [2.45, 2.75) is 13.8 Å². The summed E-state index contributed by atoms with van der Waals surface area (Å²) < 4.78 is 13.2. The molecule has 0 spiro atoms. The van der Waals surface area contributed by atoms with Crippen LogP contribution < -0.4 is 5.32 Å². The van der Waals surface area contributed by atoms with Gasteiger partial charge in [-0.25, -0.2) is 4.39 Å². The van der Waals surface area contributed by atoms with Gasteiger partial charge in [-0.15, -0.1) is 0 Å². The third kappa shape index (κ3) is 2.52. The van der Waals surface area contributed by atoms with Crippen molar-refractivity contribution in [2.75, 3.05) is 5.32 Å². The molecule has 2 aromatic carbocycles. The molecule has 0 saturated heterocycles. The molecule has 0 unspecified atom stereocenters. The van der Waals surface area contributed by atoms with Crippen molar-refractivity contribution in [2.24, 2.45) is 0 Å². The number of nitrogens with one attached hydrogen (secondary N) is 2. The van der Waals surface area contributed by atoms with E-state index in [1.807, 2.05) is 32.0 Å². The van der Waals surface area contributed by atoms with E-state index in [-0.39, 0.29) is 11.7 Å². The highest BCUT2D eigenvalue weighted by Gasteiger charge is 2.12. The van der Waals surface area contributed by atoms with Crippen LogP contribution >= 0.6 is 0 Å². The van der Waals surface area contributed by atoms with Crippen molar-refractivity contribution in [3.63, 3.8) is 0 Å². The van der Waals surface area contributed by atoms with Gasteiger partial charge in [0.15, 0.2) is 0 Å². The number of H-pyrrole nitrogens is 1. The zero-order chi connectivity index (χ0) is 15.0. The smallest absolute Gasteiger partial charge is 0.257 e. The number of aromatic amines is 1. The van der Waals surface area contributed by atoms with Crippen LogP contribution in [0.2, 0.25) is 0 Å². The monoisotopic (exact) mass is 282 g/mol. The molecule has 3 rings (SSSR count). The summed E-state index contributed by atoms with van der Waals surface area (Å²) in [7, 11) is 0. The lowest BCUT2D eigenvalue weighted by atomic mass is 10.1. The van der Waals surface area contributed by atoms with Crippen LogP contribution in [0.25, 0.3) is 10.9 Å². The Morgan fingerprint density at radius 2 is 1.90 bits per heavy atom.